The summed E-state index contributed by atoms with van der Waals surface area (Å²) in [5, 5.41) is 0. The van der Waals surface area contributed by atoms with E-state index in [1.165, 1.54) is 38.5 Å². The van der Waals surface area contributed by atoms with Crippen LogP contribution in [0.1, 0.15) is 80.8 Å². The molecule has 6 nitrogen and oxygen atoms in total. The van der Waals surface area contributed by atoms with E-state index >= 15 is 0 Å². The minimum absolute atomic E-state index is 0.0478. The number of aromatic amines is 1. The van der Waals surface area contributed by atoms with Gasteiger partial charge >= 0.3 is 0 Å². The molecule has 0 spiro atoms. The van der Waals surface area contributed by atoms with Gasteiger partial charge in [-0.05, 0) is 38.5 Å². The SMILES string of the molecule is O=C(C1CCCC1)N1CC[C@@H](c2nc3c(c(=O)[nH]2)CCN(C2CCCC2)C3)C1. The summed E-state index contributed by atoms with van der Waals surface area (Å²) in [7, 11) is 0. The summed E-state index contributed by atoms with van der Waals surface area (Å²) in [4.78, 5) is 38.0. The lowest BCUT2D eigenvalue weighted by atomic mass is 10.0. The van der Waals surface area contributed by atoms with Crippen molar-refractivity contribution in [3.8, 4) is 0 Å². The van der Waals surface area contributed by atoms with Crippen molar-refractivity contribution in [1.29, 1.82) is 0 Å². The van der Waals surface area contributed by atoms with Crippen molar-refractivity contribution in [3.05, 3.63) is 27.4 Å². The molecular weight excluding hydrogens is 352 g/mol. The van der Waals surface area contributed by atoms with E-state index < -0.39 is 0 Å². The number of rotatable bonds is 3. The van der Waals surface area contributed by atoms with Crippen molar-refractivity contribution in [3.63, 3.8) is 0 Å². The van der Waals surface area contributed by atoms with Crippen LogP contribution in [0.2, 0.25) is 0 Å². The van der Waals surface area contributed by atoms with Crippen molar-refractivity contribution in [2.45, 2.75) is 82.7 Å². The van der Waals surface area contributed by atoms with Crippen LogP contribution in [0.25, 0.3) is 0 Å². The molecular formula is C22H32N4O2. The fourth-order valence-electron chi connectivity index (χ4n) is 5.87. The van der Waals surface area contributed by atoms with Crippen LogP contribution < -0.4 is 5.56 Å². The van der Waals surface area contributed by atoms with Gasteiger partial charge in [0.15, 0.2) is 0 Å². The number of nitrogens with zero attached hydrogens (tertiary/aromatic N) is 3. The molecule has 1 atom stereocenters. The van der Waals surface area contributed by atoms with Crippen LogP contribution in [-0.2, 0) is 17.8 Å². The van der Waals surface area contributed by atoms with E-state index in [1.54, 1.807) is 0 Å². The molecule has 3 fully saturated rings. The predicted molar refractivity (Wildman–Crippen MR) is 107 cm³/mol. The second-order valence-corrected chi connectivity index (χ2v) is 9.29. The summed E-state index contributed by atoms with van der Waals surface area (Å²) in [5.74, 6) is 1.53. The van der Waals surface area contributed by atoms with Gasteiger partial charge < -0.3 is 9.88 Å². The molecule has 152 valence electrons. The zero-order valence-corrected chi connectivity index (χ0v) is 16.8. The van der Waals surface area contributed by atoms with E-state index in [1.807, 2.05) is 4.90 Å². The first-order valence-electron chi connectivity index (χ1n) is 11.3. The Morgan fingerprint density at radius 2 is 1.75 bits per heavy atom. The molecule has 28 heavy (non-hydrogen) atoms. The molecule has 2 aliphatic carbocycles. The molecule has 0 unspecified atom stereocenters. The van der Waals surface area contributed by atoms with Gasteiger partial charge in [-0.1, -0.05) is 25.7 Å². The first-order chi connectivity index (χ1) is 13.7. The summed E-state index contributed by atoms with van der Waals surface area (Å²) < 4.78 is 0. The van der Waals surface area contributed by atoms with Crippen molar-refractivity contribution in [2.75, 3.05) is 19.6 Å². The summed E-state index contributed by atoms with van der Waals surface area (Å²) in [6, 6.07) is 0.670. The number of aromatic nitrogens is 2. The molecule has 1 aromatic heterocycles. The second-order valence-electron chi connectivity index (χ2n) is 9.29. The Labute approximate surface area is 166 Å². The van der Waals surface area contributed by atoms with Crippen molar-refractivity contribution < 1.29 is 4.79 Å². The molecule has 6 heteroatoms. The molecule has 1 amide bonds. The molecule has 0 bridgehead atoms. The zero-order chi connectivity index (χ0) is 19.1. The molecule has 0 radical (unpaired) electrons. The van der Waals surface area contributed by atoms with Crippen molar-refractivity contribution in [1.82, 2.24) is 19.8 Å². The second kappa shape index (κ2) is 7.62. The lowest BCUT2D eigenvalue weighted by molar-refractivity contribution is -0.134. The summed E-state index contributed by atoms with van der Waals surface area (Å²) >= 11 is 0. The standard InChI is InChI=1S/C22H32N4O2/c27-21-18-10-12-25(17-7-3-4-8-17)14-19(18)23-20(24-21)16-9-11-26(13-16)22(28)15-5-1-2-6-15/h15-17H,1-14H2,(H,23,24,27)/t16-/m1/s1. The maximum Gasteiger partial charge on any atom is 0.254 e. The van der Waals surface area contributed by atoms with Crippen LogP contribution in [0.3, 0.4) is 0 Å². The number of hydrogen-bond acceptors (Lipinski definition) is 4. The smallest absolute Gasteiger partial charge is 0.254 e. The molecule has 0 aromatic carbocycles. The van der Waals surface area contributed by atoms with Crippen LogP contribution >= 0.6 is 0 Å². The first kappa shape index (κ1) is 18.3. The number of carbonyl (C=O) groups excluding carboxylic acids is 1. The molecule has 5 rings (SSSR count). The van der Waals surface area contributed by atoms with E-state index in [2.05, 4.69) is 9.88 Å². The highest BCUT2D eigenvalue weighted by atomic mass is 16.2. The predicted octanol–water partition coefficient (Wildman–Crippen LogP) is 2.58. The molecule has 1 N–H and O–H groups in total. The van der Waals surface area contributed by atoms with Crippen LogP contribution in [0.5, 0.6) is 0 Å². The maximum absolute atomic E-state index is 12.7. The van der Waals surface area contributed by atoms with Gasteiger partial charge in [-0.25, -0.2) is 4.98 Å². The topological polar surface area (TPSA) is 69.3 Å². The average molecular weight is 385 g/mol. The number of fused-ring (bicyclic) bond motifs is 1. The van der Waals surface area contributed by atoms with E-state index in [4.69, 9.17) is 4.98 Å². The Hall–Kier alpha value is -1.69. The number of H-pyrrole nitrogens is 1. The van der Waals surface area contributed by atoms with E-state index in [0.29, 0.717) is 18.5 Å². The van der Waals surface area contributed by atoms with Crippen LogP contribution in [0.4, 0.5) is 0 Å². The Kier molecular flexibility index (Phi) is 4.99. The number of nitrogens with one attached hydrogen (secondary N) is 1. The fraction of sp³-hybridized carbons (Fsp3) is 0.773. The average Bonchev–Trinajstić information content (AvgIpc) is 3.49. The van der Waals surface area contributed by atoms with E-state index in [0.717, 1.165) is 62.4 Å². The third-order valence-corrected chi connectivity index (χ3v) is 7.55. The Morgan fingerprint density at radius 3 is 2.54 bits per heavy atom. The number of hydrogen-bond donors (Lipinski definition) is 1. The summed E-state index contributed by atoms with van der Waals surface area (Å²) in [6.45, 7) is 3.31. The molecule has 1 aromatic rings. The summed E-state index contributed by atoms with van der Waals surface area (Å²) in [5.41, 5.74) is 1.92. The van der Waals surface area contributed by atoms with Gasteiger partial charge in [0.2, 0.25) is 5.91 Å². The summed E-state index contributed by atoms with van der Waals surface area (Å²) in [6.07, 6.45) is 11.4. The maximum atomic E-state index is 12.7. The van der Waals surface area contributed by atoms with Gasteiger partial charge in [0, 0.05) is 49.6 Å². The van der Waals surface area contributed by atoms with Crippen LogP contribution in [-0.4, -0.2) is 51.4 Å². The van der Waals surface area contributed by atoms with Gasteiger partial charge in [0.25, 0.3) is 5.56 Å². The van der Waals surface area contributed by atoms with Gasteiger partial charge in [-0.15, -0.1) is 0 Å². The van der Waals surface area contributed by atoms with Crippen LogP contribution in [0.15, 0.2) is 4.79 Å². The first-order valence-corrected chi connectivity index (χ1v) is 11.3. The van der Waals surface area contributed by atoms with Crippen molar-refractivity contribution >= 4 is 5.91 Å². The minimum atomic E-state index is 0.0478. The Balaban J connectivity index is 1.31. The van der Waals surface area contributed by atoms with Crippen LogP contribution in [0, 0.1) is 5.92 Å². The normalized spacial score (nSPS) is 26.9. The third kappa shape index (κ3) is 3.40. The van der Waals surface area contributed by atoms with Crippen molar-refractivity contribution in [2.24, 2.45) is 5.92 Å². The Morgan fingerprint density at radius 1 is 1.00 bits per heavy atom. The fourth-order valence-corrected chi connectivity index (χ4v) is 5.87. The lowest BCUT2D eigenvalue weighted by Gasteiger charge is -2.32. The largest absolute Gasteiger partial charge is 0.342 e. The zero-order valence-electron chi connectivity index (χ0n) is 16.8. The highest BCUT2D eigenvalue weighted by molar-refractivity contribution is 5.79. The molecule has 1 saturated heterocycles. The third-order valence-electron chi connectivity index (χ3n) is 7.55. The highest BCUT2D eigenvalue weighted by Crippen LogP contribution is 2.32. The quantitative estimate of drug-likeness (QED) is 0.870. The highest BCUT2D eigenvalue weighted by Gasteiger charge is 2.35. The number of carbonyl (C=O) groups is 1. The minimum Gasteiger partial charge on any atom is -0.342 e. The van der Waals surface area contributed by atoms with E-state index in [9.17, 15) is 9.59 Å². The number of likely N-dealkylation sites (tertiary alicyclic amines) is 1. The van der Waals surface area contributed by atoms with Gasteiger partial charge in [-0.2, -0.15) is 0 Å². The van der Waals surface area contributed by atoms with E-state index in [-0.39, 0.29) is 17.4 Å². The molecule has 3 heterocycles. The van der Waals surface area contributed by atoms with Gasteiger partial charge in [0.1, 0.15) is 5.82 Å². The lowest BCUT2D eigenvalue weighted by Crippen LogP contribution is -2.41. The monoisotopic (exact) mass is 384 g/mol. The molecule has 2 aliphatic heterocycles. The van der Waals surface area contributed by atoms with Gasteiger partial charge in [0.05, 0.1) is 5.69 Å². The molecule has 4 aliphatic rings. The number of amides is 1. The Bertz CT molecular complexity index is 792. The molecule has 2 saturated carbocycles. The van der Waals surface area contributed by atoms with Gasteiger partial charge in [-0.3, -0.25) is 14.5 Å².